The lowest BCUT2D eigenvalue weighted by Crippen LogP contribution is -2.49. The van der Waals surface area contributed by atoms with Crippen molar-refractivity contribution < 1.29 is 39.3 Å². The standard InChI is InChI=1S/C11H12N2O2.C10H17N3O6S/c12-9(11(14)15)5-7-6-13-10-4-2-1-3-8(7)10;11-5(10(18)19)1-2-7(14)13-6(4-20)9(17)12-3-8(15)16/h1-4,6,9,13H,5,12H2,(H,14,15);5-6,20H,1-4,11H2,(H,12,17)(H,13,14)(H,15,16)(H,18,19)/t9-;5-,6-/m00/s1. The molecule has 0 saturated carbocycles. The highest BCUT2D eigenvalue weighted by Crippen LogP contribution is 2.18. The quantitative estimate of drug-likeness (QED) is 0.156. The third-order valence-corrected chi connectivity index (χ3v) is 5.04. The molecule has 192 valence electrons. The number of benzene rings is 1. The summed E-state index contributed by atoms with van der Waals surface area (Å²) < 4.78 is 0. The Morgan fingerprint density at radius 3 is 2.20 bits per heavy atom. The Balaban J connectivity index is 0.000000362. The Kier molecular flexibility index (Phi) is 12.3. The molecule has 0 fully saturated rings. The first-order valence-corrected chi connectivity index (χ1v) is 11.0. The topological polar surface area (TPSA) is 238 Å². The molecule has 13 nitrogen and oxygen atoms in total. The number of aliphatic carboxylic acids is 3. The molecule has 35 heavy (non-hydrogen) atoms. The van der Waals surface area contributed by atoms with Crippen LogP contribution in [-0.2, 0) is 30.4 Å². The Morgan fingerprint density at radius 1 is 1.00 bits per heavy atom. The second-order valence-electron chi connectivity index (χ2n) is 7.41. The maximum Gasteiger partial charge on any atom is 0.322 e. The van der Waals surface area contributed by atoms with Crippen LogP contribution in [0.15, 0.2) is 30.5 Å². The van der Waals surface area contributed by atoms with Crippen LogP contribution in [0, 0.1) is 0 Å². The maximum atomic E-state index is 11.5. The highest BCUT2D eigenvalue weighted by molar-refractivity contribution is 7.80. The van der Waals surface area contributed by atoms with Crippen LogP contribution >= 0.6 is 12.6 Å². The van der Waals surface area contributed by atoms with E-state index in [-0.39, 0.29) is 18.6 Å². The van der Waals surface area contributed by atoms with E-state index in [4.69, 9.17) is 26.8 Å². The van der Waals surface area contributed by atoms with Crippen molar-refractivity contribution in [3.05, 3.63) is 36.0 Å². The number of H-pyrrole nitrogens is 1. The second kappa shape index (κ2) is 14.6. The largest absolute Gasteiger partial charge is 0.480 e. The Hall–Kier alpha value is -3.62. The number of fused-ring (bicyclic) bond motifs is 1. The summed E-state index contributed by atoms with van der Waals surface area (Å²) in [7, 11) is 0. The number of para-hydroxylation sites is 1. The van der Waals surface area contributed by atoms with Gasteiger partial charge in [-0.05, 0) is 18.1 Å². The van der Waals surface area contributed by atoms with Crippen molar-refractivity contribution in [2.45, 2.75) is 37.4 Å². The van der Waals surface area contributed by atoms with Gasteiger partial charge in [0.05, 0.1) is 0 Å². The molecule has 0 spiro atoms. The van der Waals surface area contributed by atoms with Gasteiger partial charge in [-0.25, -0.2) is 0 Å². The minimum atomic E-state index is -1.22. The number of rotatable bonds is 12. The summed E-state index contributed by atoms with van der Waals surface area (Å²) in [5.41, 5.74) is 12.7. The molecule has 0 unspecified atom stereocenters. The molecule has 14 heteroatoms. The average molecular weight is 512 g/mol. The molecule has 2 rings (SSSR count). The van der Waals surface area contributed by atoms with Crippen LogP contribution in [0.25, 0.3) is 10.9 Å². The Morgan fingerprint density at radius 2 is 1.63 bits per heavy atom. The van der Waals surface area contributed by atoms with Crippen molar-refractivity contribution in [1.29, 1.82) is 0 Å². The number of aromatic amines is 1. The van der Waals surface area contributed by atoms with Crippen molar-refractivity contribution in [2.24, 2.45) is 11.5 Å². The molecule has 3 atom stereocenters. The zero-order valence-corrected chi connectivity index (χ0v) is 19.5. The van der Waals surface area contributed by atoms with E-state index >= 15 is 0 Å². The van der Waals surface area contributed by atoms with Crippen LogP contribution < -0.4 is 22.1 Å². The first-order valence-electron chi connectivity index (χ1n) is 10.4. The van der Waals surface area contributed by atoms with Crippen LogP contribution in [0.4, 0.5) is 0 Å². The first-order chi connectivity index (χ1) is 16.5. The molecule has 0 bridgehead atoms. The van der Waals surface area contributed by atoms with E-state index in [0.29, 0.717) is 6.42 Å². The third kappa shape index (κ3) is 10.5. The lowest BCUT2D eigenvalue weighted by Gasteiger charge is -2.16. The zero-order valence-electron chi connectivity index (χ0n) is 18.6. The van der Waals surface area contributed by atoms with Crippen molar-refractivity contribution >= 4 is 53.3 Å². The highest BCUT2D eigenvalue weighted by atomic mass is 32.1. The zero-order chi connectivity index (χ0) is 26.5. The summed E-state index contributed by atoms with van der Waals surface area (Å²) in [6.07, 6.45) is 1.92. The SMILES string of the molecule is N[C@@H](CCC(=O)N[C@@H](CS)C(=O)NCC(=O)O)C(=O)O.N[C@@H](Cc1c[nH]c2ccccc12)C(=O)O. The summed E-state index contributed by atoms with van der Waals surface area (Å²) in [5, 5.41) is 31.1. The molecule has 0 radical (unpaired) electrons. The molecular weight excluding hydrogens is 482 g/mol. The predicted molar refractivity (Wildman–Crippen MR) is 129 cm³/mol. The number of carbonyl (C=O) groups excluding carboxylic acids is 2. The highest BCUT2D eigenvalue weighted by Gasteiger charge is 2.21. The predicted octanol–water partition coefficient (Wildman–Crippen LogP) is -1.08. The number of carboxylic acids is 3. The van der Waals surface area contributed by atoms with Crippen LogP contribution in [0.2, 0.25) is 0 Å². The second-order valence-corrected chi connectivity index (χ2v) is 7.77. The van der Waals surface area contributed by atoms with Crippen LogP contribution in [-0.4, -0.2) is 80.4 Å². The van der Waals surface area contributed by atoms with Gasteiger partial charge in [0, 0.05) is 35.7 Å². The number of thiol groups is 1. The number of hydrogen-bond acceptors (Lipinski definition) is 8. The number of nitrogens with one attached hydrogen (secondary N) is 3. The van der Waals surface area contributed by atoms with Crippen LogP contribution in [0.1, 0.15) is 18.4 Å². The minimum Gasteiger partial charge on any atom is -0.480 e. The van der Waals surface area contributed by atoms with E-state index in [2.05, 4.69) is 28.2 Å². The fourth-order valence-electron chi connectivity index (χ4n) is 2.78. The fourth-order valence-corrected chi connectivity index (χ4v) is 3.04. The van der Waals surface area contributed by atoms with Gasteiger partial charge in [-0.15, -0.1) is 0 Å². The van der Waals surface area contributed by atoms with Crippen LogP contribution in [0.3, 0.4) is 0 Å². The number of carboxylic acid groups (broad SMARTS) is 3. The molecule has 0 aliphatic rings. The molecule has 0 aliphatic heterocycles. The van der Waals surface area contributed by atoms with Crippen molar-refractivity contribution in [2.75, 3.05) is 12.3 Å². The summed E-state index contributed by atoms with van der Waals surface area (Å²) in [6, 6.07) is 4.76. The normalized spacial score (nSPS) is 13.0. The summed E-state index contributed by atoms with van der Waals surface area (Å²) in [5.74, 6) is -4.68. The summed E-state index contributed by atoms with van der Waals surface area (Å²) in [6.45, 7) is -0.567. The molecule has 1 aromatic heterocycles. The molecule has 1 aromatic carbocycles. The van der Waals surface area contributed by atoms with Crippen molar-refractivity contribution in [1.82, 2.24) is 15.6 Å². The van der Waals surface area contributed by atoms with Gasteiger partial charge in [0.1, 0.15) is 24.7 Å². The molecule has 0 saturated heterocycles. The van der Waals surface area contributed by atoms with E-state index < -0.39 is 54.4 Å². The van der Waals surface area contributed by atoms with Crippen molar-refractivity contribution in [3.8, 4) is 0 Å². The molecule has 10 N–H and O–H groups in total. The van der Waals surface area contributed by atoms with Crippen LogP contribution in [0.5, 0.6) is 0 Å². The molecule has 2 amide bonds. The molecular formula is C21H29N5O8S. The Labute approximate surface area is 205 Å². The van der Waals surface area contributed by atoms with Gasteiger partial charge >= 0.3 is 17.9 Å². The first kappa shape index (κ1) is 29.4. The number of aromatic nitrogens is 1. The van der Waals surface area contributed by atoms with Gasteiger partial charge in [-0.3, -0.25) is 24.0 Å². The number of carbonyl (C=O) groups is 5. The van der Waals surface area contributed by atoms with Gasteiger partial charge in [0.2, 0.25) is 11.8 Å². The monoisotopic (exact) mass is 511 g/mol. The van der Waals surface area contributed by atoms with E-state index in [0.717, 1.165) is 16.5 Å². The third-order valence-electron chi connectivity index (χ3n) is 4.68. The van der Waals surface area contributed by atoms with Gasteiger partial charge in [-0.1, -0.05) is 18.2 Å². The fraction of sp³-hybridized carbons (Fsp3) is 0.381. The smallest absolute Gasteiger partial charge is 0.322 e. The lowest BCUT2D eigenvalue weighted by atomic mass is 10.1. The minimum absolute atomic E-state index is 0.0256. The number of nitrogens with two attached hydrogens (primary N) is 2. The van der Waals surface area contributed by atoms with E-state index in [9.17, 15) is 24.0 Å². The summed E-state index contributed by atoms with van der Waals surface area (Å²) >= 11 is 3.87. The van der Waals surface area contributed by atoms with E-state index in [1.54, 1.807) is 0 Å². The lowest BCUT2D eigenvalue weighted by molar-refractivity contribution is -0.139. The Bertz CT molecular complexity index is 1040. The van der Waals surface area contributed by atoms with Gasteiger partial charge in [0.15, 0.2) is 0 Å². The average Bonchev–Trinajstić information content (AvgIpc) is 3.22. The van der Waals surface area contributed by atoms with E-state index in [1.165, 1.54) is 0 Å². The van der Waals surface area contributed by atoms with Gasteiger partial charge < -0.3 is 42.4 Å². The number of hydrogen-bond donors (Lipinski definition) is 9. The molecule has 1 heterocycles. The van der Waals surface area contributed by atoms with E-state index in [1.807, 2.05) is 30.5 Å². The molecule has 0 aliphatic carbocycles. The van der Waals surface area contributed by atoms with Gasteiger partial charge in [0.25, 0.3) is 0 Å². The molecule has 2 aromatic rings. The maximum absolute atomic E-state index is 11.5. The number of amides is 2. The van der Waals surface area contributed by atoms with Gasteiger partial charge in [-0.2, -0.15) is 12.6 Å². The van der Waals surface area contributed by atoms with Crippen molar-refractivity contribution in [3.63, 3.8) is 0 Å². The summed E-state index contributed by atoms with van der Waals surface area (Å²) in [4.78, 5) is 57.5.